The molecule has 1 saturated carbocycles. The van der Waals surface area contributed by atoms with Crippen molar-refractivity contribution in [1.82, 2.24) is 5.32 Å². The monoisotopic (exact) mass is 234 g/mol. The van der Waals surface area contributed by atoms with Gasteiger partial charge in [-0.2, -0.15) is 0 Å². The van der Waals surface area contributed by atoms with Crippen LogP contribution in [0.1, 0.15) is 25.7 Å². The van der Waals surface area contributed by atoms with Gasteiger partial charge < -0.3 is 15.8 Å². The van der Waals surface area contributed by atoms with E-state index in [-0.39, 0.29) is 0 Å². The molecule has 2 rings (SSSR count). The molecule has 0 spiro atoms. The molecule has 1 aliphatic carbocycles. The van der Waals surface area contributed by atoms with Crippen LogP contribution >= 0.6 is 0 Å². The topological polar surface area (TPSA) is 47.3 Å². The highest BCUT2D eigenvalue weighted by Crippen LogP contribution is 2.16. The van der Waals surface area contributed by atoms with Crippen molar-refractivity contribution in [2.45, 2.75) is 37.8 Å². The summed E-state index contributed by atoms with van der Waals surface area (Å²) in [5, 5.41) is 3.54. The van der Waals surface area contributed by atoms with Crippen LogP contribution in [0.2, 0.25) is 0 Å². The zero-order valence-electron chi connectivity index (χ0n) is 10.3. The summed E-state index contributed by atoms with van der Waals surface area (Å²) in [6.45, 7) is 1.79. The first kappa shape index (κ1) is 12.4. The Labute approximate surface area is 103 Å². The minimum Gasteiger partial charge on any atom is -0.494 e. The molecule has 1 aliphatic rings. The summed E-state index contributed by atoms with van der Waals surface area (Å²) in [6, 6.07) is 11.0. The van der Waals surface area contributed by atoms with E-state index in [1.165, 1.54) is 6.42 Å². The molecule has 1 fully saturated rings. The smallest absolute Gasteiger partial charge is 0.119 e. The molecule has 0 saturated heterocycles. The van der Waals surface area contributed by atoms with Gasteiger partial charge >= 0.3 is 0 Å². The van der Waals surface area contributed by atoms with Crippen LogP contribution in [0.3, 0.4) is 0 Å². The summed E-state index contributed by atoms with van der Waals surface area (Å²) in [5.41, 5.74) is 5.87. The maximum Gasteiger partial charge on any atom is 0.119 e. The second kappa shape index (κ2) is 6.62. The van der Waals surface area contributed by atoms with E-state index in [4.69, 9.17) is 10.5 Å². The van der Waals surface area contributed by atoms with Gasteiger partial charge in [0.2, 0.25) is 0 Å². The molecule has 0 aliphatic heterocycles. The van der Waals surface area contributed by atoms with Crippen LogP contribution in [0.4, 0.5) is 0 Å². The molecule has 3 N–H and O–H groups in total. The summed E-state index contributed by atoms with van der Waals surface area (Å²) in [6.07, 6.45) is 4.55. The van der Waals surface area contributed by atoms with Crippen LogP contribution in [0.15, 0.2) is 30.3 Å². The highest BCUT2D eigenvalue weighted by Gasteiger charge is 2.20. The zero-order valence-corrected chi connectivity index (χ0v) is 10.3. The maximum atomic E-state index is 5.87. The third-order valence-electron chi connectivity index (χ3n) is 3.24. The molecule has 0 radical (unpaired) electrons. The van der Waals surface area contributed by atoms with Crippen LogP contribution in [0.5, 0.6) is 5.75 Å². The molecule has 0 heterocycles. The van der Waals surface area contributed by atoms with Gasteiger partial charge in [0.25, 0.3) is 0 Å². The summed E-state index contributed by atoms with van der Waals surface area (Å²) in [7, 11) is 0. The van der Waals surface area contributed by atoms with Gasteiger partial charge in [0.05, 0.1) is 6.61 Å². The normalized spacial score (nSPS) is 23.8. The first-order valence-corrected chi connectivity index (χ1v) is 6.51. The SMILES string of the molecule is NC1CCC(NCCCOc2ccccc2)C1. The van der Waals surface area contributed by atoms with E-state index in [0.717, 1.165) is 38.2 Å². The molecule has 94 valence electrons. The molecular weight excluding hydrogens is 212 g/mol. The van der Waals surface area contributed by atoms with Gasteiger partial charge in [-0.3, -0.25) is 0 Å². The predicted molar refractivity (Wildman–Crippen MR) is 70.2 cm³/mol. The molecule has 2 unspecified atom stereocenters. The third-order valence-corrected chi connectivity index (χ3v) is 3.24. The van der Waals surface area contributed by atoms with Crippen molar-refractivity contribution in [3.63, 3.8) is 0 Å². The number of nitrogens with two attached hydrogens (primary N) is 1. The molecule has 3 heteroatoms. The molecule has 1 aromatic rings. The van der Waals surface area contributed by atoms with Crippen molar-refractivity contribution in [2.24, 2.45) is 5.73 Å². The van der Waals surface area contributed by atoms with Crippen molar-refractivity contribution in [3.05, 3.63) is 30.3 Å². The number of nitrogens with one attached hydrogen (secondary N) is 1. The summed E-state index contributed by atoms with van der Waals surface area (Å²) in [5.74, 6) is 0.954. The maximum absolute atomic E-state index is 5.87. The third kappa shape index (κ3) is 4.36. The Hall–Kier alpha value is -1.06. The second-order valence-corrected chi connectivity index (χ2v) is 4.74. The average Bonchev–Trinajstić information content (AvgIpc) is 2.76. The van der Waals surface area contributed by atoms with Gasteiger partial charge in [0.15, 0.2) is 0 Å². The Morgan fingerprint density at radius 1 is 1.24 bits per heavy atom. The molecule has 0 bridgehead atoms. The van der Waals surface area contributed by atoms with E-state index >= 15 is 0 Å². The molecule has 17 heavy (non-hydrogen) atoms. The molecule has 1 aromatic carbocycles. The quantitative estimate of drug-likeness (QED) is 0.739. The fourth-order valence-electron chi connectivity index (χ4n) is 2.29. The Kier molecular flexibility index (Phi) is 4.83. The first-order chi connectivity index (χ1) is 8.34. The number of rotatable bonds is 6. The standard InChI is InChI=1S/C14H22N2O/c15-12-7-8-13(11-12)16-9-4-10-17-14-5-2-1-3-6-14/h1-3,5-6,12-13,16H,4,7-11,15H2. The molecule has 0 amide bonds. The number of hydrogen-bond acceptors (Lipinski definition) is 3. The van der Waals surface area contributed by atoms with Crippen LogP contribution < -0.4 is 15.8 Å². The number of hydrogen-bond donors (Lipinski definition) is 2. The lowest BCUT2D eigenvalue weighted by Crippen LogP contribution is -2.29. The number of para-hydroxylation sites is 1. The Morgan fingerprint density at radius 3 is 2.76 bits per heavy atom. The van der Waals surface area contributed by atoms with E-state index in [0.29, 0.717) is 12.1 Å². The van der Waals surface area contributed by atoms with Crippen molar-refractivity contribution in [2.75, 3.05) is 13.2 Å². The first-order valence-electron chi connectivity index (χ1n) is 6.51. The van der Waals surface area contributed by atoms with E-state index in [9.17, 15) is 0 Å². The van der Waals surface area contributed by atoms with Crippen molar-refractivity contribution >= 4 is 0 Å². The minimum absolute atomic E-state index is 0.410. The largest absolute Gasteiger partial charge is 0.494 e. The Bertz CT molecular complexity index is 315. The number of ether oxygens (including phenoxy) is 1. The molecule has 0 aromatic heterocycles. The fraction of sp³-hybridized carbons (Fsp3) is 0.571. The van der Waals surface area contributed by atoms with Crippen molar-refractivity contribution < 1.29 is 4.74 Å². The van der Waals surface area contributed by atoms with E-state index in [2.05, 4.69) is 5.32 Å². The lowest BCUT2D eigenvalue weighted by Gasteiger charge is -2.12. The second-order valence-electron chi connectivity index (χ2n) is 4.74. The zero-order chi connectivity index (χ0) is 11.9. The van der Waals surface area contributed by atoms with E-state index in [1.807, 2.05) is 30.3 Å². The lowest BCUT2D eigenvalue weighted by atomic mass is 10.2. The van der Waals surface area contributed by atoms with Crippen LogP contribution in [0.25, 0.3) is 0 Å². The lowest BCUT2D eigenvalue weighted by molar-refractivity contribution is 0.304. The molecule has 3 nitrogen and oxygen atoms in total. The van der Waals surface area contributed by atoms with Crippen molar-refractivity contribution in [3.8, 4) is 5.75 Å². The average molecular weight is 234 g/mol. The predicted octanol–water partition coefficient (Wildman–Crippen LogP) is 1.92. The minimum atomic E-state index is 0.410. The molecule has 2 atom stereocenters. The van der Waals surface area contributed by atoms with Gasteiger partial charge in [-0.05, 0) is 44.4 Å². The Balaban J connectivity index is 1.52. The van der Waals surface area contributed by atoms with Gasteiger partial charge in [0.1, 0.15) is 5.75 Å². The number of benzene rings is 1. The van der Waals surface area contributed by atoms with Crippen LogP contribution in [0, 0.1) is 0 Å². The Morgan fingerprint density at radius 2 is 2.06 bits per heavy atom. The van der Waals surface area contributed by atoms with Gasteiger partial charge in [-0.1, -0.05) is 18.2 Å². The van der Waals surface area contributed by atoms with E-state index < -0.39 is 0 Å². The van der Waals surface area contributed by atoms with Gasteiger partial charge in [0, 0.05) is 12.1 Å². The van der Waals surface area contributed by atoms with E-state index in [1.54, 1.807) is 0 Å². The summed E-state index contributed by atoms with van der Waals surface area (Å²) < 4.78 is 5.63. The summed E-state index contributed by atoms with van der Waals surface area (Å²) >= 11 is 0. The highest BCUT2D eigenvalue weighted by atomic mass is 16.5. The fourth-order valence-corrected chi connectivity index (χ4v) is 2.29. The van der Waals surface area contributed by atoms with Crippen LogP contribution in [-0.2, 0) is 0 Å². The van der Waals surface area contributed by atoms with Crippen LogP contribution in [-0.4, -0.2) is 25.2 Å². The molecular formula is C14H22N2O. The highest BCUT2D eigenvalue weighted by molar-refractivity contribution is 5.20. The summed E-state index contributed by atoms with van der Waals surface area (Å²) in [4.78, 5) is 0. The van der Waals surface area contributed by atoms with Gasteiger partial charge in [-0.15, -0.1) is 0 Å². The van der Waals surface area contributed by atoms with Crippen molar-refractivity contribution in [1.29, 1.82) is 0 Å². The van der Waals surface area contributed by atoms with Gasteiger partial charge in [-0.25, -0.2) is 0 Å².